The lowest BCUT2D eigenvalue weighted by Crippen LogP contribution is -1.84. The van der Waals surface area contributed by atoms with Gasteiger partial charge in [-0.15, -0.1) is 11.3 Å². The van der Waals surface area contributed by atoms with Crippen LogP contribution in [0.15, 0.2) is 60.1 Å². The quantitative estimate of drug-likeness (QED) is 0.506. The first-order valence-electron chi connectivity index (χ1n) is 6.37. The average molecular weight is 277 g/mol. The van der Waals surface area contributed by atoms with Crippen LogP contribution in [0.2, 0.25) is 0 Å². The zero-order valence-corrected chi connectivity index (χ0v) is 11.4. The van der Waals surface area contributed by atoms with Crippen LogP contribution in [-0.2, 0) is 0 Å². The number of aromatic nitrogens is 1. The van der Waals surface area contributed by atoms with Crippen LogP contribution >= 0.6 is 11.3 Å². The van der Waals surface area contributed by atoms with Gasteiger partial charge < -0.3 is 5.11 Å². The second-order valence-electron chi connectivity index (χ2n) is 4.71. The minimum absolute atomic E-state index is 0.282. The molecule has 0 aliphatic heterocycles. The van der Waals surface area contributed by atoms with Crippen molar-refractivity contribution in [1.82, 2.24) is 4.98 Å². The predicted molar refractivity (Wildman–Crippen MR) is 84.2 cm³/mol. The van der Waals surface area contributed by atoms with E-state index in [0.29, 0.717) is 0 Å². The third-order valence-corrected chi connectivity index (χ3v) is 4.41. The highest BCUT2D eigenvalue weighted by atomic mass is 32.1. The van der Waals surface area contributed by atoms with E-state index in [0.717, 1.165) is 32.1 Å². The second kappa shape index (κ2) is 4.32. The molecule has 20 heavy (non-hydrogen) atoms. The fourth-order valence-electron chi connectivity index (χ4n) is 2.53. The SMILES string of the molecule is Oc1cc(-c2cccs2)cc2c1cnc1ccccc12. The van der Waals surface area contributed by atoms with Crippen molar-refractivity contribution in [3.63, 3.8) is 0 Å². The molecule has 0 fully saturated rings. The van der Waals surface area contributed by atoms with Gasteiger partial charge in [-0.05, 0) is 40.6 Å². The zero-order chi connectivity index (χ0) is 13.5. The maximum atomic E-state index is 10.3. The van der Waals surface area contributed by atoms with E-state index in [9.17, 15) is 5.11 Å². The van der Waals surface area contributed by atoms with Crippen molar-refractivity contribution in [2.24, 2.45) is 0 Å². The van der Waals surface area contributed by atoms with Crippen molar-refractivity contribution < 1.29 is 5.11 Å². The molecule has 0 aliphatic rings. The summed E-state index contributed by atoms with van der Waals surface area (Å²) in [6.45, 7) is 0. The predicted octanol–water partition coefficient (Wildman–Crippen LogP) is 4.82. The Labute approximate surface area is 120 Å². The van der Waals surface area contributed by atoms with Crippen LogP contribution in [0.1, 0.15) is 0 Å². The first-order valence-corrected chi connectivity index (χ1v) is 7.25. The van der Waals surface area contributed by atoms with Gasteiger partial charge in [-0.2, -0.15) is 0 Å². The van der Waals surface area contributed by atoms with Gasteiger partial charge >= 0.3 is 0 Å². The standard InChI is InChI=1S/C17H11NOS/c19-16-9-11(17-6-3-7-20-17)8-13-12-4-1-2-5-15(12)18-10-14(13)16/h1-10,19H. The molecule has 0 atom stereocenters. The molecule has 2 nitrogen and oxygen atoms in total. The van der Waals surface area contributed by atoms with Gasteiger partial charge in [0.2, 0.25) is 0 Å². The molecule has 4 rings (SSSR count). The Morgan fingerprint density at radius 2 is 1.80 bits per heavy atom. The summed E-state index contributed by atoms with van der Waals surface area (Å²) in [6.07, 6.45) is 1.74. The Bertz CT molecular complexity index is 913. The van der Waals surface area contributed by atoms with Crippen LogP contribution in [0, 0.1) is 0 Å². The zero-order valence-electron chi connectivity index (χ0n) is 10.6. The lowest BCUT2D eigenvalue weighted by Gasteiger charge is -2.07. The minimum atomic E-state index is 0.282. The number of rotatable bonds is 1. The monoisotopic (exact) mass is 277 g/mol. The topological polar surface area (TPSA) is 33.1 Å². The third kappa shape index (κ3) is 1.67. The molecule has 3 heteroatoms. The summed E-state index contributed by atoms with van der Waals surface area (Å²) in [6, 6.07) is 16.0. The summed E-state index contributed by atoms with van der Waals surface area (Å²) in [4.78, 5) is 5.56. The van der Waals surface area contributed by atoms with E-state index in [4.69, 9.17) is 0 Å². The van der Waals surface area contributed by atoms with Gasteiger partial charge in [-0.3, -0.25) is 4.98 Å². The van der Waals surface area contributed by atoms with Gasteiger partial charge in [0.05, 0.1) is 5.52 Å². The van der Waals surface area contributed by atoms with Crippen molar-refractivity contribution in [3.8, 4) is 16.2 Å². The largest absolute Gasteiger partial charge is 0.507 e. The van der Waals surface area contributed by atoms with Crippen molar-refractivity contribution in [2.45, 2.75) is 0 Å². The Morgan fingerprint density at radius 3 is 2.65 bits per heavy atom. The molecule has 0 saturated heterocycles. The highest BCUT2D eigenvalue weighted by Gasteiger charge is 2.09. The van der Waals surface area contributed by atoms with Crippen LogP contribution < -0.4 is 0 Å². The number of aromatic hydroxyl groups is 1. The maximum Gasteiger partial charge on any atom is 0.125 e. The highest BCUT2D eigenvalue weighted by Crippen LogP contribution is 2.36. The van der Waals surface area contributed by atoms with Crippen LogP contribution in [0.4, 0.5) is 0 Å². The smallest absolute Gasteiger partial charge is 0.125 e. The summed E-state index contributed by atoms with van der Waals surface area (Å²) in [5, 5.41) is 15.2. The number of hydrogen-bond donors (Lipinski definition) is 1. The van der Waals surface area contributed by atoms with Gasteiger partial charge in [0, 0.05) is 21.8 Å². The summed E-state index contributed by atoms with van der Waals surface area (Å²) < 4.78 is 0. The first-order chi connectivity index (χ1) is 9.83. The molecule has 96 valence electrons. The number of fused-ring (bicyclic) bond motifs is 3. The number of thiophene rings is 1. The molecule has 0 amide bonds. The Morgan fingerprint density at radius 1 is 0.900 bits per heavy atom. The fraction of sp³-hybridized carbons (Fsp3) is 0. The normalized spacial score (nSPS) is 11.2. The molecule has 0 spiro atoms. The van der Waals surface area contributed by atoms with Crippen molar-refractivity contribution in [1.29, 1.82) is 0 Å². The summed E-state index contributed by atoms with van der Waals surface area (Å²) in [7, 11) is 0. The van der Waals surface area contributed by atoms with Gasteiger partial charge in [0.25, 0.3) is 0 Å². The van der Waals surface area contributed by atoms with E-state index >= 15 is 0 Å². The maximum absolute atomic E-state index is 10.3. The molecule has 2 aromatic carbocycles. The van der Waals surface area contributed by atoms with E-state index < -0.39 is 0 Å². The molecule has 0 bridgehead atoms. The third-order valence-electron chi connectivity index (χ3n) is 3.49. The summed E-state index contributed by atoms with van der Waals surface area (Å²) in [5.74, 6) is 0.282. The Hall–Kier alpha value is -2.39. The van der Waals surface area contributed by atoms with E-state index in [1.54, 1.807) is 17.5 Å². The van der Waals surface area contributed by atoms with Crippen molar-refractivity contribution >= 4 is 33.0 Å². The number of phenols is 1. The van der Waals surface area contributed by atoms with E-state index in [2.05, 4.69) is 17.1 Å². The highest BCUT2D eigenvalue weighted by molar-refractivity contribution is 7.13. The summed E-state index contributed by atoms with van der Waals surface area (Å²) >= 11 is 1.67. The molecule has 2 heterocycles. The van der Waals surface area contributed by atoms with E-state index in [1.807, 2.05) is 41.8 Å². The van der Waals surface area contributed by atoms with Gasteiger partial charge in [-0.1, -0.05) is 24.3 Å². The van der Waals surface area contributed by atoms with Gasteiger partial charge in [-0.25, -0.2) is 0 Å². The van der Waals surface area contributed by atoms with Crippen molar-refractivity contribution in [3.05, 3.63) is 60.1 Å². The number of hydrogen-bond acceptors (Lipinski definition) is 3. The molecule has 0 saturated carbocycles. The average Bonchev–Trinajstić information content (AvgIpc) is 3.01. The van der Waals surface area contributed by atoms with Gasteiger partial charge in [0.15, 0.2) is 0 Å². The minimum Gasteiger partial charge on any atom is -0.507 e. The lowest BCUT2D eigenvalue weighted by molar-refractivity contribution is 0.482. The number of para-hydroxylation sites is 1. The number of benzene rings is 2. The number of nitrogens with zero attached hydrogens (tertiary/aromatic N) is 1. The molecule has 0 unspecified atom stereocenters. The van der Waals surface area contributed by atoms with Crippen LogP contribution in [0.25, 0.3) is 32.1 Å². The van der Waals surface area contributed by atoms with E-state index in [-0.39, 0.29) is 5.75 Å². The Balaban J connectivity index is 2.14. The van der Waals surface area contributed by atoms with E-state index in [1.165, 1.54) is 0 Å². The lowest BCUT2D eigenvalue weighted by atomic mass is 10.0. The molecule has 2 aromatic heterocycles. The van der Waals surface area contributed by atoms with Gasteiger partial charge in [0.1, 0.15) is 5.75 Å². The fourth-order valence-corrected chi connectivity index (χ4v) is 3.24. The van der Waals surface area contributed by atoms with Crippen LogP contribution in [-0.4, -0.2) is 10.1 Å². The first kappa shape index (κ1) is 11.4. The Kier molecular flexibility index (Phi) is 2.47. The molecule has 0 radical (unpaired) electrons. The van der Waals surface area contributed by atoms with Crippen LogP contribution in [0.5, 0.6) is 5.75 Å². The summed E-state index contributed by atoms with van der Waals surface area (Å²) in [5.41, 5.74) is 1.99. The number of pyridine rings is 1. The molecular formula is C17H11NOS. The number of phenolic OH excluding ortho intramolecular Hbond substituents is 1. The van der Waals surface area contributed by atoms with Crippen molar-refractivity contribution in [2.75, 3.05) is 0 Å². The second-order valence-corrected chi connectivity index (χ2v) is 5.66. The van der Waals surface area contributed by atoms with Crippen LogP contribution in [0.3, 0.4) is 0 Å². The molecule has 1 N–H and O–H groups in total. The molecular weight excluding hydrogens is 266 g/mol. The molecule has 4 aromatic rings. The molecule has 0 aliphatic carbocycles.